The van der Waals surface area contributed by atoms with Crippen LogP contribution in [0.15, 0.2) is 24.3 Å². The van der Waals surface area contributed by atoms with Gasteiger partial charge in [0.15, 0.2) is 0 Å². The molecular weight excluding hydrogens is 556 g/mol. The van der Waals surface area contributed by atoms with E-state index < -0.39 is 47.7 Å². The van der Waals surface area contributed by atoms with E-state index in [2.05, 4.69) is 10.2 Å². The van der Waals surface area contributed by atoms with Crippen LogP contribution in [0.4, 0.5) is 0 Å². The van der Waals surface area contributed by atoms with Gasteiger partial charge in [0, 0.05) is 39.1 Å². The molecular formula is C31H46N4O8. The largest absolute Gasteiger partial charge is 0.460 e. The molecule has 3 amide bonds. The molecule has 7 atom stereocenters. The number of nitrogens with one attached hydrogen (secondary N) is 1. The lowest BCUT2D eigenvalue weighted by molar-refractivity contribution is -0.159. The number of cyclic esters (lactones) is 1. The van der Waals surface area contributed by atoms with Crippen LogP contribution in [0.3, 0.4) is 0 Å². The number of carbonyl (C=O) groups is 4. The molecule has 0 aromatic carbocycles. The number of allylic oxidation sites excluding steroid dienone is 1. The van der Waals surface area contributed by atoms with Gasteiger partial charge < -0.3 is 34.4 Å². The van der Waals surface area contributed by atoms with Gasteiger partial charge in [-0.25, -0.2) is 0 Å². The minimum Gasteiger partial charge on any atom is -0.460 e. The molecule has 5 aliphatic heterocycles. The number of nitrogens with zero attached hydrogens (tertiary/aromatic N) is 3. The van der Waals surface area contributed by atoms with Crippen LogP contribution in [0.1, 0.15) is 40.0 Å². The Bertz CT molecular complexity index is 1120. The minimum atomic E-state index is -1.41. The normalized spacial score (nSPS) is 35.3. The molecule has 0 radical (unpaired) electrons. The first-order valence-electron chi connectivity index (χ1n) is 15.7. The van der Waals surface area contributed by atoms with Gasteiger partial charge in [0.1, 0.15) is 23.7 Å². The Morgan fingerprint density at radius 3 is 2.58 bits per heavy atom. The Kier molecular flexibility index (Phi) is 9.89. The van der Waals surface area contributed by atoms with Crippen LogP contribution < -0.4 is 5.32 Å². The molecule has 3 saturated heterocycles. The first-order chi connectivity index (χ1) is 20.7. The highest BCUT2D eigenvalue weighted by molar-refractivity contribution is 5.99. The molecule has 12 nitrogen and oxygen atoms in total. The van der Waals surface area contributed by atoms with E-state index in [9.17, 15) is 24.3 Å². The van der Waals surface area contributed by atoms with Crippen LogP contribution in [0.2, 0.25) is 0 Å². The van der Waals surface area contributed by atoms with Gasteiger partial charge >= 0.3 is 5.97 Å². The molecule has 0 aromatic rings. The fourth-order valence-electron chi connectivity index (χ4n) is 7.15. The smallest absolute Gasteiger partial charge is 0.313 e. The molecule has 5 heterocycles. The molecule has 5 aliphatic rings. The molecule has 238 valence electrons. The van der Waals surface area contributed by atoms with E-state index in [0.717, 1.165) is 13.1 Å². The van der Waals surface area contributed by atoms with Gasteiger partial charge in [-0.3, -0.25) is 24.1 Å². The van der Waals surface area contributed by atoms with E-state index in [1.165, 1.54) is 4.90 Å². The van der Waals surface area contributed by atoms with E-state index in [-0.39, 0.29) is 43.2 Å². The van der Waals surface area contributed by atoms with Crippen LogP contribution in [0.5, 0.6) is 0 Å². The average molecular weight is 603 g/mol. The number of likely N-dealkylation sites (tertiary alicyclic amines) is 1. The molecule has 5 rings (SSSR count). The van der Waals surface area contributed by atoms with E-state index in [1.54, 1.807) is 30.1 Å². The summed E-state index contributed by atoms with van der Waals surface area (Å²) in [7, 11) is 0. The maximum Gasteiger partial charge on any atom is 0.313 e. The molecule has 0 aromatic heterocycles. The Hall–Kier alpha value is -2.80. The van der Waals surface area contributed by atoms with Crippen LogP contribution in [-0.2, 0) is 33.4 Å². The zero-order chi connectivity index (χ0) is 30.7. The maximum atomic E-state index is 14.5. The molecule has 0 bridgehead atoms. The SMILES string of the molecule is CC(C)C[C@H](CO)N1C(=O)[C@@H]2[C@H]3C(=O)O[C@H](C)CNC(=O)CC/C=C\[C@H]3O[C@@]23C=CCN(CCN2CCOCC2)C(=O)[C@@H]13. The first-order valence-corrected chi connectivity index (χ1v) is 15.7. The highest BCUT2D eigenvalue weighted by Gasteiger charge is 2.72. The van der Waals surface area contributed by atoms with Crippen molar-refractivity contribution in [3.63, 3.8) is 0 Å². The van der Waals surface area contributed by atoms with Crippen LogP contribution in [-0.4, -0.2) is 132 Å². The standard InChI is InChI=1S/C31H46N4O8/c1-20(2)17-22(19-36)35-27-29(39)34(12-11-33-13-15-41-16-14-33)10-6-9-31(27)26(28(35)38)25-23(43-31)7-4-5-8-24(37)32-18-21(3)42-30(25)40/h4,6-7,9,20-23,25-27,36H,5,8,10-19H2,1-3H3,(H,32,37)/b7-4-/t21-,22-,23-,25+,26+,27-,31+/m1/s1. The number of carbonyl (C=O) groups excluding carboxylic acids is 4. The summed E-state index contributed by atoms with van der Waals surface area (Å²) in [4.78, 5) is 60.5. The van der Waals surface area contributed by atoms with Crippen molar-refractivity contribution in [2.24, 2.45) is 17.8 Å². The van der Waals surface area contributed by atoms with Crippen molar-refractivity contribution in [1.82, 2.24) is 20.0 Å². The van der Waals surface area contributed by atoms with Crippen molar-refractivity contribution < 1.29 is 38.5 Å². The van der Waals surface area contributed by atoms with Gasteiger partial charge in [0.25, 0.3) is 0 Å². The average Bonchev–Trinajstić information content (AvgIpc) is 3.37. The summed E-state index contributed by atoms with van der Waals surface area (Å²) in [5.41, 5.74) is -1.41. The van der Waals surface area contributed by atoms with Crippen LogP contribution >= 0.6 is 0 Å². The number of aliphatic hydroxyl groups excluding tert-OH is 1. The highest BCUT2D eigenvalue weighted by Crippen LogP contribution is 2.53. The first kappa shape index (κ1) is 31.6. The van der Waals surface area contributed by atoms with Crippen molar-refractivity contribution in [2.75, 3.05) is 59.1 Å². The van der Waals surface area contributed by atoms with Gasteiger partial charge in [-0.2, -0.15) is 0 Å². The molecule has 12 heteroatoms. The summed E-state index contributed by atoms with van der Waals surface area (Å²) < 4.78 is 17.9. The maximum absolute atomic E-state index is 14.5. The predicted octanol–water partition coefficient (Wildman–Crippen LogP) is 0.103. The molecule has 43 heavy (non-hydrogen) atoms. The summed E-state index contributed by atoms with van der Waals surface area (Å²) in [6, 6.07) is -1.67. The van der Waals surface area contributed by atoms with E-state index >= 15 is 0 Å². The molecule has 1 spiro atoms. The third-order valence-electron chi connectivity index (χ3n) is 9.19. The van der Waals surface area contributed by atoms with Gasteiger partial charge in [-0.1, -0.05) is 38.2 Å². The quantitative estimate of drug-likeness (QED) is 0.307. The lowest BCUT2D eigenvalue weighted by Crippen LogP contribution is -2.59. The predicted molar refractivity (Wildman–Crippen MR) is 155 cm³/mol. The number of amides is 3. The number of aliphatic hydroxyl groups is 1. The van der Waals surface area contributed by atoms with Gasteiger partial charge in [-0.05, 0) is 25.7 Å². The number of hydrogen-bond acceptors (Lipinski definition) is 9. The van der Waals surface area contributed by atoms with Crippen molar-refractivity contribution in [1.29, 1.82) is 0 Å². The van der Waals surface area contributed by atoms with Crippen LogP contribution in [0, 0.1) is 17.8 Å². The number of morpholine rings is 1. The Balaban J connectivity index is 1.52. The second-order valence-electron chi connectivity index (χ2n) is 12.7. The Labute approximate surface area is 253 Å². The molecule has 0 unspecified atom stereocenters. The number of hydrogen-bond donors (Lipinski definition) is 2. The van der Waals surface area contributed by atoms with Crippen LogP contribution in [0.25, 0.3) is 0 Å². The third kappa shape index (κ3) is 6.38. The second-order valence-corrected chi connectivity index (χ2v) is 12.7. The lowest BCUT2D eigenvalue weighted by Gasteiger charge is -2.39. The summed E-state index contributed by atoms with van der Waals surface area (Å²) in [5.74, 6) is -3.25. The Morgan fingerprint density at radius 1 is 1.09 bits per heavy atom. The topological polar surface area (TPSA) is 138 Å². The summed E-state index contributed by atoms with van der Waals surface area (Å²) >= 11 is 0. The van der Waals surface area contributed by atoms with E-state index in [4.69, 9.17) is 14.2 Å². The fourth-order valence-corrected chi connectivity index (χ4v) is 7.15. The van der Waals surface area contributed by atoms with Crippen molar-refractivity contribution in [2.45, 2.75) is 69.9 Å². The zero-order valence-corrected chi connectivity index (χ0v) is 25.5. The third-order valence-corrected chi connectivity index (χ3v) is 9.19. The molecule has 3 fully saturated rings. The number of rotatable bonds is 7. The minimum absolute atomic E-state index is 0.145. The molecule has 2 N–H and O–H groups in total. The van der Waals surface area contributed by atoms with E-state index in [1.807, 2.05) is 19.9 Å². The fraction of sp³-hybridized carbons (Fsp3) is 0.742. The number of esters is 1. The van der Waals surface area contributed by atoms with E-state index in [0.29, 0.717) is 45.7 Å². The number of ether oxygens (including phenoxy) is 3. The number of fused-ring (bicyclic) bond motifs is 2. The molecule has 0 aliphatic carbocycles. The molecule has 0 saturated carbocycles. The van der Waals surface area contributed by atoms with Gasteiger partial charge in [0.05, 0.1) is 44.4 Å². The van der Waals surface area contributed by atoms with Gasteiger partial charge in [-0.15, -0.1) is 0 Å². The van der Waals surface area contributed by atoms with Crippen molar-refractivity contribution in [3.8, 4) is 0 Å². The summed E-state index contributed by atoms with van der Waals surface area (Å²) in [5, 5.41) is 13.3. The monoisotopic (exact) mass is 602 g/mol. The zero-order valence-electron chi connectivity index (χ0n) is 25.5. The summed E-state index contributed by atoms with van der Waals surface area (Å²) in [6.07, 6.45) is 6.94. The second kappa shape index (κ2) is 13.5. The van der Waals surface area contributed by atoms with Crippen molar-refractivity contribution in [3.05, 3.63) is 24.3 Å². The van der Waals surface area contributed by atoms with Gasteiger partial charge in [0.2, 0.25) is 17.7 Å². The summed E-state index contributed by atoms with van der Waals surface area (Å²) in [6.45, 7) is 9.90. The lowest BCUT2D eigenvalue weighted by atomic mass is 9.78. The highest BCUT2D eigenvalue weighted by atomic mass is 16.6. The Morgan fingerprint density at radius 2 is 1.86 bits per heavy atom. The van der Waals surface area contributed by atoms with Crippen molar-refractivity contribution >= 4 is 23.7 Å².